The van der Waals surface area contributed by atoms with Gasteiger partial charge in [-0.15, -0.1) is 0 Å². The van der Waals surface area contributed by atoms with Gasteiger partial charge in [0.1, 0.15) is 0 Å². The van der Waals surface area contributed by atoms with Gasteiger partial charge in [-0.1, -0.05) is 6.07 Å². The van der Waals surface area contributed by atoms with Crippen molar-refractivity contribution in [3.8, 4) is 0 Å². The SMILES string of the molecule is CCN(c1cccc(C(=O)NCc2c(C)cc(C)[nH]c2=O)c1C)[C@H]1CC[C@H](NC)CC1. The number of nitrogens with one attached hydrogen (secondary N) is 3. The molecule has 0 saturated heterocycles. The highest BCUT2D eigenvalue weighted by molar-refractivity contribution is 5.97. The third kappa shape index (κ3) is 5.18. The van der Waals surface area contributed by atoms with Crippen molar-refractivity contribution in [3.63, 3.8) is 0 Å². The second-order valence-corrected chi connectivity index (χ2v) is 8.66. The van der Waals surface area contributed by atoms with Crippen LogP contribution in [-0.4, -0.2) is 36.6 Å². The number of pyridine rings is 1. The van der Waals surface area contributed by atoms with Crippen LogP contribution < -0.4 is 21.1 Å². The number of aromatic amines is 1. The number of nitrogens with zero attached hydrogens (tertiary/aromatic N) is 1. The molecule has 6 nitrogen and oxygen atoms in total. The molecule has 0 unspecified atom stereocenters. The normalized spacial score (nSPS) is 18.6. The molecule has 0 bridgehead atoms. The van der Waals surface area contributed by atoms with Crippen LogP contribution in [-0.2, 0) is 6.54 Å². The Kier molecular flexibility index (Phi) is 7.55. The molecule has 2 aromatic rings. The lowest BCUT2D eigenvalue weighted by atomic mass is 9.89. The fourth-order valence-corrected chi connectivity index (χ4v) is 4.85. The topological polar surface area (TPSA) is 77.2 Å². The van der Waals surface area contributed by atoms with Gasteiger partial charge in [0.2, 0.25) is 0 Å². The fraction of sp³-hybridized carbons (Fsp3) is 0.520. The standard InChI is InChI=1S/C25H36N4O2/c1-6-29(20-12-10-19(26-5)11-13-20)23-9-7-8-21(18(23)4)24(30)27-15-22-16(2)14-17(3)28-25(22)31/h7-9,14,19-20,26H,6,10-13,15H2,1-5H3,(H,27,30)(H,28,31)/t19-,20-. The molecule has 1 aliphatic rings. The molecule has 0 aliphatic heterocycles. The monoisotopic (exact) mass is 424 g/mol. The molecule has 3 N–H and O–H groups in total. The molecule has 168 valence electrons. The molecule has 31 heavy (non-hydrogen) atoms. The number of H-pyrrole nitrogens is 1. The second-order valence-electron chi connectivity index (χ2n) is 8.66. The maximum absolute atomic E-state index is 13.0. The lowest BCUT2D eigenvalue weighted by Gasteiger charge is -2.38. The van der Waals surface area contributed by atoms with E-state index >= 15 is 0 Å². The third-order valence-corrected chi connectivity index (χ3v) is 6.67. The number of aromatic nitrogens is 1. The number of anilines is 1. The van der Waals surface area contributed by atoms with Crippen molar-refractivity contribution in [2.24, 2.45) is 0 Å². The summed E-state index contributed by atoms with van der Waals surface area (Å²) in [4.78, 5) is 30.5. The first-order valence-corrected chi connectivity index (χ1v) is 11.4. The molecule has 1 aliphatic carbocycles. The zero-order chi connectivity index (χ0) is 22.5. The van der Waals surface area contributed by atoms with E-state index in [1.54, 1.807) is 0 Å². The maximum Gasteiger partial charge on any atom is 0.253 e. The Bertz CT molecular complexity index is 974. The molecule has 0 radical (unpaired) electrons. The van der Waals surface area contributed by atoms with Gasteiger partial charge in [-0.2, -0.15) is 0 Å². The summed E-state index contributed by atoms with van der Waals surface area (Å²) in [5.41, 5.74) is 4.97. The average Bonchev–Trinajstić information content (AvgIpc) is 2.75. The largest absolute Gasteiger partial charge is 0.369 e. The number of rotatable bonds is 7. The van der Waals surface area contributed by atoms with E-state index in [0.717, 1.165) is 41.9 Å². The Hall–Kier alpha value is -2.60. The van der Waals surface area contributed by atoms with Crippen LogP contribution in [0.2, 0.25) is 0 Å². The first-order chi connectivity index (χ1) is 14.8. The van der Waals surface area contributed by atoms with Crippen LogP contribution in [0.15, 0.2) is 29.1 Å². The molecule has 0 atom stereocenters. The van der Waals surface area contributed by atoms with Crippen LogP contribution in [0.5, 0.6) is 0 Å². The van der Waals surface area contributed by atoms with E-state index < -0.39 is 0 Å². The summed E-state index contributed by atoms with van der Waals surface area (Å²) in [5.74, 6) is -0.145. The highest BCUT2D eigenvalue weighted by Crippen LogP contribution is 2.31. The Morgan fingerprint density at radius 3 is 2.48 bits per heavy atom. The van der Waals surface area contributed by atoms with Gasteiger partial charge < -0.3 is 20.5 Å². The first kappa shape index (κ1) is 23.1. The molecule has 0 spiro atoms. The summed E-state index contributed by atoms with van der Waals surface area (Å²) < 4.78 is 0. The van der Waals surface area contributed by atoms with Gasteiger partial charge >= 0.3 is 0 Å². The van der Waals surface area contributed by atoms with E-state index in [9.17, 15) is 9.59 Å². The van der Waals surface area contributed by atoms with Crippen LogP contribution in [0, 0.1) is 20.8 Å². The van der Waals surface area contributed by atoms with E-state index in [-0.39, 0.29) is 18.0 Å². The van der Waals surface area contributed by atoms with Gasteiger partial charge in [-0.25, -0.2) is 0 Å². The molecule has 1 aromatic heterocycles. The minimum Gasteiger partial charge on any atom is -0.369 e. The summed E-state index contributed by atoms with van der Waals surface area (Å²) in [6.07, 6.45) is 4.68. The fourth-order valence-electron chi connectivity index (χ4n) is 4.85. The molecular weight excluding hydrogens is 388 g/mol. The molecule has 1 fully saturated rings. The predicted octanol–water partition coefficient (Wildman–Crippen LogP) is 3.59. The van der Waals surface area contributed by atoms with Crippen molar-refractivity contribution < 1.29 is 4.79 Å². The van der Waals surface area contributed by atoms with Crippen LogP contribution >= 0.6 is 0 Å². The Morgan fingerprint density at radius 1 is 1.16 bits per heavy atom. The van der Waals surface area contributed by atoms with Crippen molar-refractivity contribution in [1.82, 2.24) is 15.6 Å². The highest BCUT2D eigenvalue weighted by atomic mass is 16.1. The number of carbonyl (C=O) groups excluding carboxylic acids is 1. The highest BCUT2D eigenvalue weighted by Gasteiger charge is 2.26. The number of hydrogen-bond acceptors (Lipinski definition) is 4. The minimum atomic E-state index is -0.145. The Labute approximate surface area is 185 Å². The summed E-state index contributed by atoms with van der Waals surface area (Å²) in [7, 11) is 2.04. The summed E-state index contributed by atoms with van der Waals surface area (Å²) >= 11 is 0. The van der Waals surface area contributed by atoms with Gasteiger partial charge in [0.15, 0.2) is 0 Å². The van der Waals surface area contributed by atoms with Gasteiger partial charge in [-0.3, -0.25) is 9.59 Å². The van der Waals surface area contributed by atoms with E-state index in [0.29, 0.717) is 23.2 Å². The van der Waals surface area contributed by atoms with Crippen molar-refractivity contribution in [2.75, 3.05) is 18.5 Å². The van der Waals surface area contributed by atoms with Crippen LogP contribution in [0.4, 0.5) is 5.69 Å². The van der Waals surface area contributed by atoms with Crippen molar-refractivity contribution in [1.29, 1.82) is 0 Å². The third-order valence-electron chi connectivity index (χ3n) is 6.67. The van der Waals surface area contributed by atoms with Crippen molar-refractivity contribution >= 4 is 11.6 Å². The second kappa shape index (κ2) is 10.1. The number of benzene rings is 1. The van der Waals surface area contributed by atoms with Gasteiger partial charge in [0.25, 0.3) is 11.5 Å². The zero-order valence-electron chi connectivity index (χ0n) is 19.5. The molecule has 1 aromatic carbocycles. The molecule has 3 rings (SSSR count). The number of amides is 1. The molecular formula is C25H36N4O2. The molecule has 6 heteroatoms. The summed E-state index contributed by atoms with van der Waals surface area (Å²) in [5, 5.41) is 6.35. The van der Waals surface area contributed by atoms with Gasteiger partial charge in [-0.05, 0) is 89.8 Å². The molecule has 1 amide bonds. The summed E-state index contributed by atoms with van der Waals surface area (Å²) in [6, 6.07) is 8.99. The van der Waals surface area contributed by atoms with Crippen molar-refractivity contribution in [2.45, 2.75) is 72.0 Å². The molecule has 1 heterocycles. The van der Waals surface area contributed by atoms with Gasteiger partial charge in [0, 0.05) is 47.7 Å². The zero-order valence-corrected chi connectivity index (χ0v) is 19.5. The number of aryl methyl sites for hydroxylation is 2. The Balaban J connectivity index is 1.76. The smallest absolute Gasteiger partial charge is 0.253 e. The Morgan fingerprint density at radius 2 is 1.87 bits per heavy atom. The quantitative estimate of drug-likeness (QED) is 0.635. The van der Waals surface area contributed by atoms with E-state index in [1.165, 1.54) is 12.8 Å². The van der Waals surface area contributed by atoms with Crippen LogP contribution in [0.3, 0.4) is 0 Å². The first-order valence-electron chi connectivity index (χ1n) is 11.4. The van der Waals surface area contributed by atoms with Gasteiger partial charge in [0.05, 0.1) is 0 Å². The molecule has 1 saturated carbocycles. The maximum atomic E-state index is 13.0. The lowest BCUT2D eigenvalue weighted by Crippen LogP contribution is -2.42. The average molecular weight is 425 g/mol. The predicted molar refractivity (Wildman–Crippen MR) is 127 cm³/mol. The minimum absolute atomic E-state index is 0.141. The van der Waals surface area contributed by atoms with E-state index in [4.69, 9.17) is 0 Å². The van der Waals surface area contributed by atoms with Crippen molar-refractivity contribution in [3.05, 3.63) is 62.6 Å². The van der Waals surface area contributed by atoms with Crippen LogP contribution in [0.25, 0.3) is 0 Å². The summed E-state index contributed by atoms with van der Waals surface area (Å²) in [6.45, 7) is 9.10. The van der Waals surface area contributed by atoms with E-state index in [2.05, 4.69) is 33.5 Å². The number of hydrogen-bond donors (Lipinski definition) is 3. The number of carbonyl (C=O) groups is 1. The van der Waals surface area contributed by atoms with Crippen LogP contribution in [0.1, 0.15) is 65.3 Å². The lowest BCUT2D eigenvalue weighted by molar-refractivity contribution is 0.0950. The van der Waals surface area contributed by atoms with E-state index in [1.807, 2.05) is 46.0 Å².